The summed E-state index contributed by atoms with van der Waals surface area (Å²) in [6.07, 6.45) is 3.29. The van der Waals surface area contributed by atoms with E-state index in [0.29, 0.717) is 16.1 Å². The molecule has 1 N–H and O–H groups in total. The van der Waals surface area contributed by atoms with Crippen LogP contribution < -0.4 is 10.1 Å². The van der Waals surface area contributed by atoms with Crippen LogP contribution in [0.1, 0.15) is 29.6 Å². The minimum absolute atomic E-state index is 0.0734. The van der Waals surface area contributed by atoms with Gasteiger partial charge in [-0.2, -0.15) is 0 Å². The van der Waals surface area contributed by atoms with Gasteiger partial charge in [0.25, 0.3) is 5.91 Å². The zero-order valence-corrected chi connectivity index (χ0v) is 13.3. The van der Waals surface area contributed by atoms with Gasteiger partial charge >= 0.3 is 0 Å². The van der Waals surface area contributed by atoms with Crippen molar-refractivity contribution < 1.29 is 9.53 Å². The number of rotatable bonds is 3. The van der Waals surface area contributed by atoms with Gasteiger partial charge in [-0.3, -0.25) is 4.79 Å². The number of methoxy groups -OCH3 is 1. The molecule has 18 heavy (non-hydrogen) atoms. The maximum atomic E-state index is 12.2. The lowest BCUT2D eigenvalue weighted by atomic mass is 10.1. The number of carbonyl (C=O) groups excluding carboxylic acids is 1. The first-order valence-electron chi connectivity index (χ1n) is 5.90. The predicted molar refractivity (Wildman–Crippen MR) is 78.5 cm³/mol. The van der Waals surface area contributed by atoms with Crippen molar-refractivity contribution in [2.75, 3.05) is 7.11 Å². The van der Waals surface area contributed by atoms with E-state index in [1.807, 2.05) is 6.07 Å². The Morgan fingerprint density at radius 1 is 1.44 bits per heavy atom. The van der Waals surface area contributed by atoms with Crippen molar-refractivity contribution in [2.45, 2.75) is 30.1 Å². The molecule has 1 aromatic carbocycles. The lowest BCUT2D eigenvalue weighted by molar-refractivity contribution is 0.0936. The number of halogens is 2. The average Bonchev–Trinajstić information content (AvgIpc) is 2.74. The van der Waals surface area contributed by atoms with Crippen LogP contribution in [0.15, 0.2) is 22.7 Å². The largest absolute Gasteiger partial charge is 0.496 e. The molecule has 0 saturated heterocycles. The Labute approximate surface area is 124 Å². The number of hydrogen-bond donors (Lipinski definition) is 1. The van der Waals surface area contributed by atoms with Crippen molar-refractivity contribution in [1.29, 1.82) is 0 Å². The van der Waals surface area contributed by atoms with Crippen LogP contribution in [0.3, 0.4) is 0 Å². The number of nitrogens with one attached hydrogen (secondary N) is 1. The second-order valence-electron chi connectivity index (χ2n) is 4.37. The highest BCUT2D eigenvalue weighted by Crippen LogP contribution is 2.27. The summed E-state index contributed by atoms with van der Waals surface area (Å²) < 4.78 is 6.13. The maximum Gasteiger partial charge on any atom is 0.255 e. The minimum atomic E-state index is -0.0734. The number of hydrogen-bond acceptors (Lipinski definition) is 2. The van der Waals surface area contributed by atoms with E-state index in [9.17, 15) is 4.79 Å². The molecule has 2 unspecified atom stereocenters. The topological polar surface area (TPSA) is 38.3 Å². The van der Waals surface area contributed by atoms with Gasteiger partial charge in [0.05, 0.1) is 12.7 Å². The summed E-state index contributed by atoms with van der Waals surface area (Å²) in [4.78, 5) is 12.6. The van der Waals surface area contributed by atoms with Crippen LogP contribution in [0.2, 0.25) is 0 Å². The normalized spacial score (nSPS) is 22.8. The summed E-state index contributed by atoms with van der Waals surface area (Å²) in [5, 5.41) is 3.06. The summed E-state index contributed by atoms with van der Waals surface area (Å²) in [6, 6.07) is 5.63. The van der Waals surface area contributed by atoms with Crippen LogP contribution in [-0.2, 0) is 0 Å². The molecule has 1 aromatic rings. The fraction of sp³-hybridized carbons (Fsp3) is 0.462. The van der Waals surface area contributed by atoms with Gasteiger partial charge in [-0.15, -0.1) is 0 Å². The lowest BCUT2D eigenvalue weighted by Crippen LogP contribution is -2.37. The van der Waals surface area contributed by atoms with E-state index in [4.69, 9.17) is 4.74 Å². The van der Waals surface area contributed by atoms with Crippen LogP contribution in [0.4, 0.5) is 0 Å². The molecule has 98 valence electrons. The Morgan fingerprint density at radius 3 is 2.83 bits per heavy atom. The molecule has 0 heterocycles. The van der Waals surface area contributed by atoms with Crippen LogP contribution in [0.25, 0.3) is 0 Å². The summed E-state index contributed by atoms with van der Waals surface area (Å²) in [5.41, 5.74) is 0.576. The van der Waals surface area contributed by atoms with Crippen molar-refractivity contribution in [1.82, 2.24) is 5.32 Å². The van der Waals surface area contributed by atoms with Crippen molar-refractivity contribution in [3.63, 3.8) is 0 Å². The number of ether oxygens (including phenoxy) is 1. The van der Waals surface area contributed by atoms with Crippen LogP contribution in [-0.4, -0.2) is 23.9 Å². The molecule has 2 rings (SSSR count). The predicted octanol–water partition coefficient (Wildman–Crippen LogP) is 3.50. The second kappa shape index (κ2) is 6.06. The fourth-order valence-electron chi connectivity index (χ4n) is 2.18. The first-order chi connectivity index (χ1) is 8.61. The van der Waals surface area contributed by atoms with Crippen molar-refractivity contribution in [3.8, 4) is 5.75 Å². The molecule has 3 nitrogen and oxygen atoms in total. The van der Waals surface area contributed by atoms with Crippen LogP contribution in [0.5, 0.6) is 5.75 Å². The van der Waals surface area contributed by atoms with Gasteiger partial charge in [-0.25, -0.2) is 0 Å². The van der Waals surface area contributed by atoms with E-state index >= 15 is 0 Å². The van der Waals surface area contributed by atoms with Gasteiger partial charge in [0.15, 0.2) is 0 Å². The van der Waals surface area contributed by atoms with E-state index < -0.39 is 0 Å². The Hall–Kier alpha value is -0.550. The average molecular weight is 377 g/mol. The standard InChI is InChI=1S/C13H15Br2NO2/c1-18-12-7-8(14)5-6-9(12)13(17)16-11-4-2-3-10(11)15/h5-7,10-11H,2-4H2,1H3,(H,16,17). The SMILES string of the molecule is COc1cc(Br)ccc1C(=O)NC1CCCC1Br. The smallest absolute Gasteiger partial charge is 0.255 e. The van der Waals surface area contributed by atoms with Gasteiger partial charge in [-0.05, 0) is 31.0 Å². The monoisotopic (exact) mass is 375 g/mol. The first-order valence-corrected chi connectivity index (χ1v) is 7.61. The first kappa shape index (κ1) is 13.9. The van der Waals surface area contributed by atoms with Gasteiger partial charge in [0.1, 0.15) is 5.75 Å². The van der Waals surface area contributed by atoms with Crippen LogP contribution in [0, 0.1) is 0 Å². The van der Waals surface area contributed by atoms with Crippen molar-refractivity contribution in [2.24, 2.45) is 0 Å². The summed E-state index contributed by atoms with van der Waals surface area (Å²) in [5.74, 6) is 0.515. The van der Waals surface area contributed by atoms with Crippen LogP contribution >= 0.6 is 31.9 Å². The molecule has 2 atom stereocenters. The molecule has 5 heteroatoms. The molecular weight excluding hydrogens is 362 g/mol. The van der Waals surface area contributed by atoms with Gasteiger partial charge in [0, 0.05) is 15.3 Å². The number of benzene rings is 1. The molecule has 0 bridgehead atoms. The number of amides is 1. The molecular formula is C13H15Br2NO2. The molecule has 1 fully saturated rings. The summed E-state index contributed by atoms with van der Waals surface area (Å²) in [7, 11) is 1.57. The van der Waals surface area contributed by atoms with E-state index in [-0.39, 0.29) is 11.9 Å². The Bertz CT molecular complexity index is 451. The highest BCUT2D eigenvalue weighted by molar-refractivity contribution is 9.10. The molecule has 0 aliphatic heterocycles. The molecule has 1 aliphatic rings. The molecule has 1 amide bonds. The third-order valence-corrected chi connectivity index (χ3v) is 4.75. The minimum Gasteiger partial charge on any atom is -0.496 e. The Balaban J connectivity index is 2.13. The van der Waals surface area contributed by atoms with E-state index in [1.165, 1.54) is 0 Å². The lowest BCUT2D eigenvalue weighted by Gasteiger charge is -2.17. The number of carbonyl (C=O) groups is 1. The maximum absolute atomic E-state index is 12.2. The highest BCUT2D eigenvalue weighted by atomic mass is 79.9. The van der Waals surface area contributed by atoms with E-state index in [0.717, 1.165) is 23.7 Å². The molecule has 1 aliphatic carbocycles. The van der Waals surface area contributed by atoms with Gasteiger partial charge in [-0.1, -0.05) is 38.3 Å². The van der Waals surface area contributed by atoms with Gasteiger partial charge in [0.2, 0.25) is 0 Å². The summed E-state index contributed by atoms with van der Waals surface area (Å²) in [6.45, 7) is 0. The van der Waals surface area contributed by atoms with E-state index in [1.54, 1.807) is 19.2 Å². The fourth-order valence-corrected chi connectivity index (χ4v) is 3.24. The van der Waals surface area contributed by atoms with Crippen molar-refractivity contribution >= 4 is 37.8 Å². The zero-order chi connectivity index (χ0) is 13.1. The quantitative estimate of drug-likeness (QED) is 0.820. The van der Waals surface area contributed by atoms with Gasteiger partial charge < -0.3 is 10.1 Å². The Morgan fingerprint density at radius 2 is 2.22 bits per heavy atom. The third-order valence-electron chi connectivity index (χ3n) is 3.16. The second-order valence-corrected chi connectivity index (χ2v) is 6.46. The molecule has 0 radical (unpaired) electrons. The number of alkyl halides is 1. The molecule has 0 aromatic heterocycles. The third kappa shape index (κ3) is 3.06. The molecule has 1 saturated carbocycles. The van der Waals surface area contributed by atoms with E-state index in [2.05, 4.69) is 37.2 Å². The Kier molecular flexibility index (Phi) is 4.67. The van der Waals surface area contributed by atoms with Crippen molar-refractivity contribution in [3.05, 3.63) is 28.2 Å². The zero-order valence-electron chi connectivity index (χ0n) is 10.1. The molecule has 0 spiro atoms. The summed E-state index contributed by atoms with van der Waals surface area (Å²) >= 11 is 6.96. The highest BCUT2D eigenvalue weighted by Gasteiger charge is 2.27.